The molecule has 20 heavy (non-hydrogen) atoms. The van der Waals surface area contributed by atoms with Gasteiger partial charge in [-0.25, -0.2) is 4.98 Å². The number of anilines is 1. The first-order valence-electron chi connectivity index (χ1n) is 6.62. The third kappa shape index (κ3) is 3.20. The molecule has 2 rings (SSSR count). The summed E-state index contributed by atoms with van der Waals surface area (Å²) in [6.07, 6.45) is 2.57. The Balaban J connectivity index is 2.35. The molecule has 1 N–H and O–H groups in total. The molecular weight excluding hydrogens is 274 g/mol. The van der Waals surface area contributed by atoms with E-state index in [1.807, 2.05) is 18.2 Å². The third-order valence-electron chi connectivity index (χ3n) is 3.20. The minimum Gasteiger partial charge on any atom is -0.437 e. The quantitative estimate of drug-likeness (QED) is 0.882. The normalized spacial score (nSPS) is 12.0. The van der Waals surface area contributed by atoms with Gasteiger partial charge in [0.05, 0.1) is 6.20 Å². The lowest BCUT2D eigenvalue weighted by Crippen LogP contribution is -2.00. The molecule has 0 amide bonds. The van der Waals surface area contributed by atoms with Crippen LogP contribution < -0.4 is 10.1 Å². The summed E-state index contributed by atoms with van der Waals surface area (Å²) in [6.45, 7) is 4.32. The maximum atomic E-state index is 6.09. The Hall–Kier alpha value is -1.81. The summed E-state index contributed by atoms with van der Waals surface area (Å²) in [5.41, 5.74) is 1.15. The monoisotopic (exact) mass is 291 g/mol. The Kier molecular flexibility index (Phi) is 4.79. The van der Waals surface area contributed by atoms with E-state index in [2.05, 4.69) is 35.2 Å². The molecule has 0 aliphatic rings. The van der Waals surface area contributed by atoms with Crippen LogP contribution in [0, 0.1) is 0 Å². The van der Waals surface area contributed by atoms with Gasteiger partial charge in [-0.3, -0.25) is 0 Å². The van der Waals surface area contributed by atoms with Crippen LogP contribution in [0.5, 0.6) is 11.6 Å². The summed E-state index contributed by atoms with van der Waals surface area (Å²) in [5, 5.41) is 3.26. The molecule has 0 spiro atoms. The summed E-state index contributed by atoms with van der Waals surface area (Å²) in [4.78, 5) is 8.27. The van der Waals surface area contributed by atoms with Gasteiger partial charge in [0.1, 0.15) is 10.8 Å². The van der Waals surface area contributed by atoms with E-state index in [0.717, 1.165) is 17.7 Å². The van der Waals surface area contributed by atoms with E-state index in [0.29, 0.717) is 22.8 Å². The number of ether oxygens (including phenoxy) is 1. The minimum atomic E-state index is 0.363. The zero-order valence-corrected chi connectivity index (χ0v) is 12.6. The molecule has 0 aliphatic carbocycles. The summed E-state index contributed by atoms with van der Waals surface area (Å²) < 4.78 is 5.88. The lowest BCUT2D eigenvalue weighted by Gasteiger charge is -2.15. The second-order valence-electron chi connectivity index (χ2n) is 4.55. The van der Waals surface area contributed by atoms with Crippen LogP contribution in [0.4, 0.5) is 5.95 Å². The average Bonchev–Trinajstić information content (AvgIpc) is 2.49. The van der Waals surface area contributed by atoms with Gasteiger partial charge in [0.2, 0.25) is 11.8 Å². The van der Waals surface area contributed by atoms with Crippen molar-refractivity contribution >= 4 is 17.5 Å². The van der Waals surface area contributed by atoms with Crippen LogP contribution in [-0.4, -0.2) is 17.0 Å². The van der Waals surface area contributed by atoms with E-state index in [-0.39, 0.29) is 0 Å². The van der Waals surface area contributed by atoms with E-state index < -0.39 is 0 Å². The average molecular weight is 292 g/mol. The molecule has 0 saturated carbocycles. The maximum Gasteiger partial charge on any atom is 0.243 e. The number of nitrogens with one attached hydrogen (secondary N) is 1. The molecule has 1 aromatic carbocycles. The first-order chi connectivity index (χ1) is 9.65. The highest BCUT2D eigenvalue weighted by atomic mass is 35.5. The number of aromatic nitrogens is 2. The SMILES string of the molecule is CCC(C)c1ccccc1Oc1nc(NC)ncc1Cl. The van der Waals surface area contributed by atoms with Crippen molar-refractivity contribution in [2.24, 2.45) is 0 Å². The van der Waals surface area contributed by atoms with Crippen LogP contribution in [0.25, 0.3) is 0 Å². The molecule has 0 fully saturated rings. The smallest absolute Gasteiger partial charge is 0.243 e. The fourth-order valence-corrected chi connectivity index (χ4v) is 1.98. The van der Waals surface area contributed by atoms with Gasteiger partial charge in [0, 0.05) is 7.05 Å². The Morgan fingerprint density at radius 3 is 2.80 bits per heavy atom. The van der Waals surface area contributed by atoms with Crippen LogP contribution in [0.1, 0.15) is 31.7 Å². The Bertz CT molecular complexity index is 589. The highest BCUT2D eigenvalue weighted by Crippen LogP contribution is 2.33. The lowest BCUT2D eigenvalue weighted by molar-refractivity contribution is 0.452. The number of hydrogen-bond donors (Lipinski definition) is 1. The van der Waals surface area contributed by atoms with Crippen molar-refractivity contribution in [1.82, 2.24) is 9.97 Å². The van der Waals surface area contributed by atoms with Crippen molar-refractivity contribution in [3.63, 3.8) is 0 Å². The first-order valence-corrected chi connectivity index (χ1v) is 7.00. The molecule has 1 aromatic heterocycles. The molecule has 5 heteroatoms. The van der Waals surface area contributed by atoms with Gasteiger partial charge in [0.15, 0.2) is 0 Å². The van der Waals surface area contributed by atoms with E-state index >= 15 is 0 Å². The molecule has 4 nitrogen and oxygen atoms in total. The second-order valence-corrected chi connectivity index (χ2v) is 4.95. The number of halogens is 1. The molecule has 1 atom stereocenters. The summed E-state index contributed by atoms with van der Waals surface area (Å²) >= 11 is 6.09. The Morgan fingerprint density at radius 1 is 1.35 bits per heavy atom. The Morgan fingerprint density at radius 2 is 2.10 bits per heavy atom. The van der Waals surface area contributed by atoms with Crippen LogP contribution in [0.2, 0.25) is 5.02 Å². The van der Waals surface area contributed by atoms with Crippen LogP contribution >= 0.6 is 11.6 Å². The maximum absolute atomic E-state index is 6.09. The molecule has 0 bridgehead atoms. The standard InChI is InChI=1S/C15H18ClN3O/c1-4-10(2)11-7-5-6-8-13(11)20-14-12(16)9-18-15(17-3)19-14/h5-10H,4H2,1-3H3,(H,17,18,19). The van der Waals surface area contributed by atoms with E-state index in [1.165, 1.54) is 6.20 Å². The largest absolute Gasteiger partial charge is 0.437 e. The van der Waals surface area contributed by atoms with E-state index in [1.54, 1.807) is 7.05 Å². The van der Waals surface area contributed by atoms with Gasteiger partial charge >= 0.3 is 0 Å². The topological polar surface area (TPSA) is 47.0 Å². The van der Waals surface area contributed by atoms with Crippen molar-refractivity contribution < 1.29 is 4.74 Å². The predicted molar refractivity (Wildman–Crippen MR) is 81.8 cm³/mol. The van der Waals surface area contributed by atoms with Gasteiger partial charge in [0.25, 0.3) is 0 Å². The molecule has 0 radical (unpaired) electrons. The summed E-state index contributed by atoms with van der Waals surface area (Å²) in [7, 11) is 1.75. The van der Waals surface area contributed by atoms with E-state index in [9.17, 15) is 0 Å². The fourth-order valence-electron chi connectivity index (χ4n) is 1.85. The molecule has 1 heterocycles. The van der Waals surface area contributed by atoms with Gasteiger partial charge in [-0.05, 0) is 24.0 Å². The molecule has 2 aromatic rings. The summed E-state index contributed by atoms with van der Waals surface area (Å²) in [5.74, 6) is 2.03. The molecule has 1 unspecified atom stereocenters. The first kappa shape index (κ1) is 14.6. The van der Waals surface area contributed by atoms with Gasteiger partial charge in [-0.1, -0.05) is 43.6 Å². The molecule has 0 saturated heterocycles. The van der Waals surface area contributed by atoms with Crippen molar-refractivity contribution in [1.29, 1.82) is 0 Å². The number of para-hydroxylation sites is 1. The third-order valence-corrected chi connectivity index (χ3v) is 3.46. The zero-order chi connectivity index (χ0) is 14.5. The fraction of sp³-hybridized carbons (Fsp3) is 0.333. The van der Waals surface area contributed by atoms with Gasteiger partial charge in [-0.15, -0.1) is 0 Å². The highest BCUT2D eigenvalue weighted by molar-refractivity contribution is 6.31. The number of nitrogens with zero attached hydrogens (tertiary/aromatic N) is 2. The van der Waals surface area contributed by atoms with Crippen LogP contribution in [0.3, 0.4) is 0 Å². The van der Waals surface area contributed by atoms with Gasteiger partial charge < -0.3 is 10.1 Å². The van der Waals surface area contributed by atoms with Crippen LogP contribution in [-0.2, 0) is 0 Å². The van der Waals surface area contributed by atoms with Crippen molar-refractivity contribution in [3.8, 4) is 11.6 Å². The second kappa shape index (κ2) is 6.57. The molecule has 106 valence electrons. The molecule has 0 aliphatic heterocycles. The highest BCUT2D eigenvalue weighted by Gasteiger charge is 2.13. The summed E-state index contributed by atoms with van der Waals surface area (Å²) in [6, 6.07) is 7.95. The zero-order valence-electron chi connectivity index (χ0n) is 11.9. The van der Waals surface area contributed by atoms with Crippen molar-refractivity contribution in [2.45, 2.75) is 26.2 Å². The predicted octanol–water partition coefficient (Wildman–Crippen LogP) is 4.48. The number of benzene rings is 1. The van der Waals surface area contributed by atoms with Crippen molar-refractivity contribution in [2.75, 3.05) is 12.4 Å². The Labute approximate surface area is 124 Å². The van der Waals surface area contributed by atoms with E-state index in [4.69, 9.17) is 16.3 Å². The van der Waals surface area contributed by atoms with Gasteiger partial charge in [-0.2, -0.15) is 4.98 Å². The van der Waals surface area contributed by atoms with Crippen LogP contribution in [0.15, 0.2) is 30.5 Å². The number of rotatable bonds is 5. The number of hydrogen-bond acceptors (Lipinski definition) is 4. The van der Waals surface area contributed by atoms with Crippen molar-refractivity contribution in [3.05, 3.63) is 41.0 Å². The minimum absolute atomic E-state index is 0.363. The molecular formula is C15H18ClN3O. The lowest BCUT2D eigenvalue weighted by atomic mass is 9.98.